The third-order valence-corrected chi connectivity index (χ3v) is 14.4. The molecular weight excluding hydrogens is 320 g/mol. The third-order valence-electron chi connectivity index (χ3n) is 6.14. The molecular formula is C16H24S4. The summed E-state index contributed by atoms with van der Waals surface area (Å²) < 4.78 is 0.448. The van der Waals surface area contributed by atoms with Crippen LogP contribution < -0.4 is 0 Å². The Bertz CT molecular complexity index is 457. The quantitative estimate of drug-likeness (QED) is 0.514. The standard InChI is InChI=1S/C16H24S4/c1-11(2)9(17)12(3,4)15(11)19-16(20-15)13(5,6)10(18)14(16,7)8/h1-8H3. The Morgan fingerprint density at radius 3 is 0.950 bits per heavy atom. The van der Waals surface area contributed by atoms with Crippen molar-refractivity contribution in [3.8, 4) is 0 Å². The molecule has 0 aromatic heterocycles. The van der Waals surface area contributed by atoms with Gasteiger partial charge < -0.3 is 0 Å². The minimum atomic E-state index is 0.135. The third kappa shape index (κ3) is 1.14. The van der Waals surface area contributed by atoms with Crippen LogP contribution >= 0.6 is 48.0 Å². The molecule has 3 rings (SSSR count). The van der Waals surface area contributed by atoms with Crippen molar-refractivity contribution in [1.82, 2.24) is 0 Å². The van der Waals surface area contributed by atoms with Crippen molar-refractivity contribution in [2.45, 2.75) is 63.5 Å². The largest absolute Gasteiger partial charge is 0.123 e. The Labute approximate surface area is 142 Å². The minimum absolute atomic E-state index is 0.135. The fourth-order valence-corrected chi connectivity index (χ4v) is 11.1. The lowest BCUT2D eigenvalue weighted by Gasteiger charge is -2.83. The monoisotopic (exact) mass is 344 g/mol. The van der Waals surface area contributed by atoms with E-state index < -0.39 is 0 Å². The highest BCUT2D eigenvalue weighted by molar-refractivity contribution is 8.36. The molecule has 0 radical (unpaired) electrons. The highest BCUT2D eigenvalue weighted by Crippen LogP contribution is 2.91. The van der Waals surface area contributed by atoms with Gasteiger partial charge in [0.2, 0.25) is 0 Å². The smallest absolute Gasteiger partial charge is 0.0832 e. The van der Waals surface area contributed by atoms with Crippen molar-refractivity contribution in [2.75, 3.05) is 0 Å². The zero-order chi connectivity index (χ0) is 15.6. The number of hydrogen-bond donors (Lipinski definition) is 0. The number of thiocarbonyl (C=S) groups is 2. The van der Waals surface area contributed by atoms with Gasteiger partial charge >= 0.3 is 0 Å². The molecule has 2 saturated carbocycles. The molecule has 1 heterocycles. The first kappa shape index (κ1) is 15.8. The summed E-state index contributed by atoms with van der Waals surface area (Å²) in [7, 11) is 0. The van der Waals surface area contributed by atoms with E-state index in [9.17, 15) is 0 Å². The molecule has 0 aromatic carbocycles. The molecule has 20 heavy (non-hydrogen) atoms. The van der Waals surface area contributed by atoms with Gasteiger partial charge in [-0.2, -0.15) is 0 Å². The Hall–Kier alpha value is 0.880. The summed E-state index contributed by atoms with van der Waals surface area (Å²) in [5, 5.41) is 0. The van der Waals surface area contributed by atoms with Gasteiger partial charge in [-0.05, 0) is 0 Å². The maximum absolute atomic E-state index is 5.72. The van der Waals surface area contributed by atoms with E-state index in [1.807, 2.05) is 0 Å². The molecule has 1 saturated heterocycles. The number of rotatable bonds is 0. The van der Waals surface area contributed by atoms with Crippen LogP contribution in [0.2, 0.25) is 0 Å². The van der Waals surface area contributed by atoms with E-state index >= 15 is 0 Å². The fourth-order valence-electron chi connectivity index (χ4n) is 5.03. The maximum Gasteiger partial charge on any atom is 0.0832 e. The van der Waals surface area contributed by atoms with Crippen molar-refractivity contribution in [2.24, 2.45) is 21.7 Å². The van der Waals surface area contributed by atoms with E-state index in [1.54, 1.807) is 0 Å². The van der Waals surface area contributed by atoms with Crippen LogP contribution in [-0.2, 0) is 0 Å². The molecule has 0 unspecified atom stereocenters. The predicted octanol–water partition coefficient (Wildman–Crippen LogP) is 5.73. The highest BCUT2D eigenvalue weighted by Gasteiger charge is 2.87. The molecule has 0 N–H and O–H groups in total. The Kier molecular flexibility index (Phi) is 2.77. The van der Waals surface area contributed by atoms with Gasteiger partial charge in [0.25, 0.3) is 0 Å². The zero-order valence-corrected chi connectivity index (χ0v) is 16.9. The predicted molar refractivity (Wildman–Crippen MR) is 101 cm³/mol. The number of hydrogen-bond acceptors (Lipinski definition) is 4. The molecule has 0 atom stereocenters. The van der Waals surface area contributed by atoms with E-state index in [4.69, 9.17) is 24.4 Å². The maximum atomic E-state index is 5.72. The van der Waals surface area contributed by atoms with Crippen LogP contribution in [0, 0.1) is 21.7 Å². The van der Waals surface area contributed by atoms with E-state index in [1.165, 1.54) is 9.73 Å². The van der Waals surface area contributed by atoms with Gasteiger partial charge in [0.1, 0.15) is 0 Å². The van der Waals surface area contributed by atoms with Gasteiger partial charge in [-0.1, -0.05) is 79.8 Å². The molecule has 1 aliphatic heterocycles. The SMILES string of the molecule is CC1(C)C(=S)C(C)(C)C12SC1(S2)C(C)(C)C(=S)C1(C)C. The molecule has 112 valence electrons. The van der Waals surface area contributed by atoms with E-state index in [-0.39, 0.29) is 29.8 Å². The van der Waals surface area contributed by atoms with Gasteiger partial charge in [0.05, 0.1) is 8.16 Å². The molecule has 3 aliphatic rings. The molecule has 2 aliphatic carbocycles. The van der Waals surface area contributed by atoms with Crippen LogP contribution in [0.4, 0.5) is 0 Å². The normalized spacial score (nSPS) is 36.2. The highest BCUT2D eigenvalue weighted by atomic mass is 32.3. The van der Waals surface area contributed by atoms with Crippen molar-refractivity contribution in [3.05, 3.63) is 0 Å². The van der Waals surface area contributed by atoms with E-state index in [2.05, 4.69) is 78.9 Å². The molecule has 3 fully saturated rings. The Morgan fingerprint density at radius 1 is 0.550 bits per heavy atom. The summed E-state index contributed by atoms with van der Waals surface area (Å²) in [6.07, 6.45) is 0. The van der Waals surface area contributed by atoms with Crippen LogP contribution in [0.5, 0.6) is 0 Å². The summed E-state index contributed by atoms with van der Waals surface area (Å²) in [5.41, 5.74) is 0.539. The zero-order valence-electron chi connectivity index (χ0n) is 13.6. The first-order valence-electron chi connectivity index (χ1n) is 7.22. The van der Waals surface area contributed by atoms with Gasteiger partial charge in [-0.15, -0.1) is 23.5 Å². The van der Waals surface area contributed by atoms with Crippen molar-refractivity contribution in [3.63, 3.8) is 0 Å². The summed E-state index contributed by atoms with van der Waals surface area (Å²) in [5.74, 6) is 0. The van der Waals surface area contributed by atoms with Crippen LogP contribution in [-0.4, -0.2) is 17.9 Å². The summed E-state index contributed by atoms with van der Waals surface area (Å²) in [4.78, 5) is 2.47. The van der Waals surface area contributed by atoms with E-state index in [0.29, 0.717) is 0 Å². The van der Waals surface area contributed by atoms with Gasteiger partial charge in [0.15, 0.2) is 0 Å². The summed E-state index contributed by atoms with van der Waals surface area (Å²) in [6.45, 7) is 18.6. The Balaban J connectivity index is 2.01. The molecule has 0 bridgehead atoms. The van der Waals surface area contributed by atoms with Crippen molar-refractivity contribution in [1.29, 1.82) is 0 Å². The topological polar surface area (TPSA) is 0 Å². The number of thioether (sulfide) groups is 2. The Morgan fingerprint density at radius 2 is 0.750 bits per heavy atom. The second kappa shape index (κ2) is 3.52. The second-order valence-electron chi connectivity index (χ2n) is 8.60. The minimum Gasteiger partial charge on any atom is -0.123 e. The van der Waals surface area contributed by atoms with E-state index in [0.717, 1.165) is 0 Å². The fraction of sp³-hybridized carbons (Fsp3) is 0.875. The summed E-state index contributed by atoms with van der Waals surface area (Å²) in [6, 6.07) is 0. The lowest BCUT2D eigenvalue weighted by molar-refractivity contribution is 0.171. The molecule has 2 spiro atoms. The second-order valence-corrected chi connectivity index (χ2v) is 12.8. The molecule has 0 aromatic rings. The van der Waals surface area contributed by atoms with Crippen molar-refractivity contribution < 1.29 is 0 Å². The van der Waals surface area contributed by atoms with Crippen LogP contribution in [0.15, 0.2) is 0 Å². The lowest BCUT2D eigenvalue weighted by Crippen LogP contribution is -2.84. The average Bonchev–Trinajstić information content (AvgIpc) is 2.23. The summed E-state index contributed by atoms with van der Waals surface area (Å²) >= 11 is 15.8. The van der Waals surface area contributed by atoms with Crippen LogP contribution in [0.25, 0.3) is 0 Å². The molecule has 0 nitrogen and oxygen atoms in total. The van der Waals surface area contributed by atoms with Crippen LogP contribution in [0.1, 0.15) is 55.4 Å². The lowest BCUT2D eigenvalue weighted by atomic mass is 9.53. The molecule has 4 heteroatoms. The average molecular weight is 345 g/mol. The molecule has 0 amide bonds. The van der Waals surface area contributed by atoms with Crippen molar-refractivity contribution >= 4 is 57.7 Å². The first-order chi connectivity index (χ1) is 8.72. The van der Waals surface area contributed by atoms with Gasteiger partial charge in [-0.25, -0.2) is 0 Å². The first-order valence-corrected chi connectivity index (χ1v) is 9.67. The van der Waals surface area contributed by atoms with Gasteiger partial charge in [-0.3, -0.25) is 0 Å². The van der Waals surface area contributed by atoms with Gasteiger partial charge in [0, 0.05) is 31.4 Å². The van der Waals surface area contributed by atoms with Crippen LogP contribution in [0.3, 0.4) is 0 Å².